The van der Waals surface area contributed by atoms with Crippen molar-refractivity contribution in [3.05, 3.63) is 64.2 Å². The molecule has 2 aromatic carbocycles. The van der Waals surface area contributed by atoms with Gasteiger partial charge >= 0.3 is 0 Å². The minimum Gasteiger partial charge on any atom is -0.258 e. The highest BCUT2D eigenvalue weighted by Crippen LogP contribution is 2.31. The predicted molar refractivity (Wildman–Crippen MR) is 62.1 cm³/mol. The second kappa shape index (κ2) is 4.14. The first-order valence-corrected chi connectivity index (χ1v) is 4.90. The van der Waals surface area contributed by atoms with Gasteiger partial charge in [0.25, 0.3) is 5.69 Å². The fourth-order valence-electron chi connectivity index (χ4n) is 1.68. The molecule has 1 radical (unpaired) electrons. The van der Waals surface area contributed by atoms with Crippen LogP contribution < -0.4 is 0 Å². The summed E-state index contributed by atoms with van der Waals surface area (Å²) in [6.45, 7) is 1.94. The summed E-state index contributed by atoms with van der Waals surface area (Å²) in [7, 11) is 0. The molecular formula is C13H10NO2. The third-order valence-electron chi connectivity index (χ3n) is 2.47. The Balaban J connectivity index is 2.65. The molecule has 0 unspecified atom stereocenters. The van der Waals surface area contributed by atoms with E-state index in [1.54, 1.807) is 12.1 Å². The van der Waals surface area contributed by atoms with Crippen molar-refractivity contribution in [3.63, 3.8) is 0 Å². The van der Waals surface area contributed by atoms with E-state index in [4.69, 9.17) is 0 Å². The van der Waals surface area contributed by atoms with Crippen LogP contribution >= 0.6 is 0 Å². The van der Waals surface area contributed by atoms with Crippen LogP contribution in [0.1, 0.15) is 5.56 Å². The first kappa shape index (κ1) is 10.4. The van der Waals surface area contributed by atoms with Crippen LogP contribution in [0.25, 0.3) is 11.1 Å². The average molecular weight is 212 g/mol. The van der Waals surface area contributed by atoms with Gasteiger partial charge in [0, 0.05) is 6.07 Å². The summed E-state index contributed by atoms with van der Waals surface area (Å²) >= 11 is 0. The molecule has 0 N–H and O–H groups in total. The Labute approximate surface area is 93.5 Å². The smallest absolute Gasteiger partial charge is 0.258 e. The molecule has 0 fully saturated rings. The normalized spacial score (nSPS) is 10.1. The zero-order chi connectivity index (χ0) is 11.5. The topological polar surface area (TPSA) is 43.1 Å². The minimum atomic E-state index is -0.377. The molecule has 79 valence electrons. The molecule has 0 spiro atoms. The summed E-state index contributed by atoms with van der Waals surface area (Å²) in [4.78, 5) is 10.5. The summed E-state index contributed by atoms with van der Waals surface area (Å²) in [6.07, 6.45) is 0. The van der Waals surface area contributed by atoms with Crippen molar-refractivity contribution in [3.8, 4) is 11.1 Å². The highest BCUT2D eigenvalue weighted by atomic mass is 16.6. The Kier molecular flexibility index (Phi) is 2.68. The van der Waals surface area contributed by atoms with E-state index < -0.39 is 0 Å². The van der Waals surface area contributed by atoms with Crippen molar-refractivity contribution in [2.75, 3.05) is 0 Å². The third-order valence-corrected chi connectivity index (χ3v) is 2.47. The van der Waals surface area contributed by atoms with Crippen LogP contribution in [0.5, 0.6) is 0 Å². The molecule has 0 aliphatic heterocycles. The molecule has 0 atom stereocenters. The number of nitrogens with zero attached hydrogens (tertiary/aromatic N) is 1. The first-order chi connectivity index (χ1) is 7.70. The second-order valence-corrected chi connectivity index (χ2v) is 3.52. The van der Waals surface area contributed by atoms with E-state index in [-0.39, 0.29) is 10.6 Å². The van der Waals surface area contributed by atoms with Crippen molar-refractivity contribution in [2.24, 2.45) is 0 Å². The van der Waals surface area contributed by atoms with Crippen LogP contribution in [0.3, 0.4) is 0 Å². The number of hydrogen-bond acceptors (Lipinski definition) is 2. The zero-order valence-corrected chi connectivity index (χ0v) is 8.81. The molecule has 0 saturated heterocycles. The number of nitro groups is 1. The number of rotatable bonds is 2. The number of nitro benzene ring substituents is 1. The van der Waals surface area contributed by atoms with Gasteiger partial charge < -0.3 is 0 Å². The molecule has 0 amide bonds. The van der Waals surface area contributed by atoms with E-state index in [1.807, 2.05) is 31.2 Å². The quantitative estimate of drug-likeness (QED) is 0.565. The lowest BCUT2D eigenvalue weighted by Crippen LogP contribution is -1.92. The van der Waals surface area contributed by atoms with E-state index in [9.17, 15) is 10.1 Å². The van der Waals surface area contributed by atoms with Crippen molar-refractivity contribution in [1.82, 2.24) is 0 Å². The van der Waals surface area contributed by atoms with Gasteiger partial charge in [-0.15, -0.1) is 0 Å². The molecule has 2 aromatic rings. The zero-order valence-electron chi connectivity index (χ0n) is 8.81. The summed E-state index contributed by atoms with van der Waals surface area (Å²) in [6, 6.07) is 15.2. The molecule has 0 saturated carbocycles. The Morgan fingerprint density at radius 3 is 2.62 bits per heavy atom. The van der Waals surface area contributed by atoms with Crippen LogP contribution in [-0.2, 0) is 0 Å². The minimum absolute atomic E-state index is 0.0943. The Hall–Kier alpha value is -2.16. The SMILES string of the molecule is Cc1ccccc1-c1cc[c]cc1[N+](=O)[O-]. The first-order valence-electron chi connectivity index (χ1n) is 4.90. The van der Waals surface area contributed by atoms with E-state index in [2.05, 4.69) is 6.07 Å². The Bertz CT molecular complexity index is 535. The molecule has 0 bridgehead atoms. The van der Waals surface area contributed by atoms with Crippen LogP contribution in [0.15, 0.2) is 42.5 Å². The lowest BCUT2D eigenvalue weighted by Gasteiger charge is -2.05. The van der Waals surface area contributed by atoms with Gasteiger partial charge in [-0.2, -0.15) is 0 Å². The highest BCUT2D eigenvalue weighted by molar-refractivity contribution is 5.75. The second-order valence-electron chi connectivity index (χ2n) is 3.52. The molecule has 0 aromatic heterocycles. The number of hydrogen-bond donors (Lipinski definition) is 0. The predicted octanol–water partition coefficient (Wildman–Crippen LogP) is 3.37. The lowest BCUT2D eigenvalue weighted by molar-refractivity contribution is -0.384. The Morgan fingerprint density at radius 1 is 1.19 bits per heavy atom. The van der Waals surface area contributed by atoms with Gasteiger partial charge in [-0.3, -0.25) is 10.1 Å². The van der Waals surface area contributed by atoms with Crippen LogP contribution in [0.4, 0.5) is 5.69 Å². The number of aryl methyl sites for hydroxylation is 1. The average Bonchev–Trinajstić information content (AvgIpc) is 2.29. The van der Waals surface area contributed by atoms with Gasteiger partial charge in [0.2, 0.25) is 0 Å². The molecule has 16 heavy (non-hydrogen) atoms. The maximum Gasteiger partial charge on any atom is 0.277 e. The van der Waals surface area contributed by atoms with E-state index in [1.165, 1.54) is 6.07 Å². The fraction of sp³-hybridized carbons (Fsp3) is 0.0769. The molecule has 0 heterocycles. The lowest BCUT2D eigenvalue weighted by atomic mass is 9.99. The van der Waals surface area contributed by atoms with Gasteiger partial charge in [0.15, 0.2) is 0 Å². The third kappa shape index (κ3) is 1.80. The maximum atomic E-state index is 10.9. The van der Waals surface area contributed by atoms with Gasteiger partial charge in [0.1, 0.15) is 0 Å². The molecule has 2 rings (SSSR count). The van der Waals surface area contributed by atoms with Crippen molar-refractivity contribution in [2.45, 2.75) is 6.92 Å². The maximum absolute atomic E-state index is 10.9. The fourth-order valence-corrected chi connectivity index (χ4v) is 1.68. The molecule has 0 aliphatic carbocycles. The largest absolute Gasteiger partial charge is 0.277 e. The van der Waals surface area contributed by atoms with Crippen LogP contribution in [-0.4, -0.2) is 4.92 Å². The molecule has 3 heteroatoms. The number of benzene rings is 2. The summed E-state index contributed by atoms with van der Waals surface area (Å²) in [5.74, 6) is 0. The van der Waals surface area contributed by atoms with Crippen LogP contribution in [0.2, 0.25) is 0 Å². The summed E-state index contributed by atoms with van der Waals surface area (Å²) < 4.78 is 0. The van der Waals surface area contributed by atoms with Crippen molar-refractivity contribution < 1.29 is 4.92 Å². The molecule has 3 nitrogen and oxygen atoms in total. The monoisotopic (exact) mass is 212 g/mol. The van der Waals surface area contributed by atoms with E-state index >= 15 is 0 Å². The van der Waals surface area contributed by atoms with Gasteiger partial charge in [-0.05, 0) is 30.2 Å². The molecular weight excluding hydrogens is 202 g/mol. The summed E-state index contributed by atoms with van der Waals surface area (Å²) in [5, 5.41) is 10.9. The van der Waals surface area contributed by atoms with E-state index in [0.717, 1.165) is 11.1 Å². The van der Waals surface area contributed by atoms with E-state index in [0.29, 0.717) is 5.56 Å². The van der Waals surface area contributed by atoms with Gasteiger partial charge in [-0.1, -0.05) is 30.3 Å². The Morgan fingerprint density at radius 2 is 1.94 bits per heavy atom. The standard InChI is InChI=1S/C13H10NO2/c1-10-6-2-3-7-11(10)12-8-4-5-9-13(12)14(15)16/h2-4,6-9H,1H3. The van der Waals surface area contributed by atoms with Gasteiger partial charge in [-0.25, -0.2) is 0 Å². The molecule has 0 aliphatic rings. The highest BCUT2D eigenvalue weighted by Gasteiger charge is 2.14. The van der Waals surface area contributed by atoms with Gasteiger partial charge in [0.05, 0.1) is 10.5 Å². The van der Waals surface area contributed by atoms with Crippen LogP contribution in [0, 0.1) is 23.1 Å². The van der Waals surface area contributed by atoms with Crippen molar-refractivity contribution in [1.29, 1.82) is 0 Å². The van der Waals surface area contributed by atoms with Crippen molar-refractivity contribution >= 4 is 5.69 Å². The summed E-state index contributed by atoms with van der Waals surface area (Å²) in [5.41, 5.74) is 2.65.